The Balaban J connectivity index is 2.08. The normalized spacial score (nSPS) is 15.9. The fourth-order valence-electron chi connectivity index (χ4n) is 5.50. The topological polar surface area (TPSA) is 49.4 Å². The molecule has 0 aliphatic carbocycles. The third-order valence-electron chi connectivity index (χ3n) is 7.96. The number of hydrogen-bond acceptors (Lipinski definition) is 3. The maximum Gasteiger partial charge on any atom is 0.223 e. The molecule has 1 atom stereocenters. The van der Waals surface area contributed by atoms with Crippen LogP contribution in [0.4, 0.5) is 0 Å². The molecule has 0 aromatic heterocycles. The molecule has 1 unspecified atom stereocenters. The van der Waals surface area contributed by atoms with Gasteiger partial charge in [-0.3, -0.25) is 9.59 Å². The van der Waals surface area contributed by atoms with Crippen LogP contribution >= 0.6 is 0 Å². The number of nitrogens with one attached hydrogen (secondary N) is 1. The molecule has 1 N–H and O–H groups in total. The van der Waals surface area contributed by atoms with Gasteiger partial charge in [0.25, 0.3) is 0 Å². The minimum atomic E-state index is -0.234. The van der Waals surface area contributed by atoms with E-state index in [-0.39, 0.29) is 17.7 Å². The zero-order valence-corrected chi connectivity index (χ0v) is 24.4. The van der Waals surface area contributed by atoms with E-state index in [1.54, 1.807) is 0 Å². The lowest BCUT2D eigenvalue weighted by molar-refractivity contribution is -0.140. The van der Waals surface area contributed by atoms with Crippen molar-refractivity contribution in [3.63, 3.8) is 0 Å². The highest BCUT2D eigenvalue weighted by atomic mass is 16.2. The molecular weight excluding hydrogens is 444 g/mol. The largest absolute Gasteiger partial charge is 0.330 e. The SMILES string of the molecule is CCCCCCCCCCCCCC(=O)C1CNCCN1C(=O)CCCCCCCCCCCCC. The van der Waals surface area contributed by atoms with E-state index in [2.05, 4.69) is 19.2 Å². The van der Waals surface area contributed by atoms with Crippen molar-refractivity contribution in [2.24, 2.45) is 0 Å². The number of unbranched alkanes of at least 4 members (excludes halogenated alkanes) is 20. The quantitative estimate of drug-likeness (QED) is 0.126. The molecule has 1 aliphatic heterocycles. The van der Waals surface area contributed by atoms with Crippen LogP contribution in [0.5, 0.6) is 0 Å². The molecule has 0 saturated carbocycles. The fourth-order valence-corrected chi connectivity index (χ4v) is 5.50. The number of carbonyl (C=O) groups is 2. The van der Waals surface area contributed by atoms with Gasteiger partial charge in [0.15, 0.2) is 5.78 Å². The second kappa shape index (κ2) is 24.4. The first-order valence-electron chi connectivity index (χ1n) is 16.2. The maximum absolute atomic E-state index is 12.9. The molecule has 36 heavy (non-hydrogen) atoms. The summed E-state index contributed by atoms with van der Waals surface area (Å²) in [7, 11) is 0. The summed E-state index contributed by atoms with van der Waals surface area (Å²) in [5, 5.41) is 3.34. The van der Waals surface area contributed by atoms with Gasteiger partial charge in [-0.15, -0.1) is 0 Å². The van der Waals surface area contributed by atoms with Crippen LogP contribution in [0, 0.1) is 0 Å². The van der Waals surface area contributed by atoms with E-state index in [1.165, 1.54) is 116 Å². The van der Waals surface area contributed by atoms with Gasteiger partial charge in [-0.05, 0) is 12.8 Å². The first-order valence-corrected chi connectivity index (χ1v) is 16.2. The van der Waals surface area contributed by atoms with Crippen molar-refractivity contribution in [1.29, 1.82) is 0 Å². The monoisotopic (exact) mass is 506 g/mol. The van der Waals surface area contributed by atoms with Crippen LogP contribution in [0.3, 0.4) is 0 Å². The van der Waals surface area contributed by atoms with Crippen LogP contribution in [0.15, 0.2) is 0 Å². The van der Waals surface area contributed by atoms with Crippen molar-refractivity contribution < 1.29 is 9.59 Å². The summed E-state index contributed by atoms with van der Waals surface area (Å²) in [6.45, 7) is 6.67. The summed E-state index contributed by atoms with van der Waals surface area (Å²) in [4.78, 5) is 27.7. The Morgan fingerprint density at radius 2 is 0.972 bits per heavy atom. The third kappa shape index (κ3) is 17.5. The van der Waals surface area contributed by atoms with E-state index < -0.39 is 0 Å². The van der Waals surface area contributed by atoms with Crippen molar-refractivity contribution in [2.45, 2.75) is 174 Å². The Morgan fingerprint density at radius 3 is 1.42 bits per heavy atom. The molecule has 1 aliphatic rings. The smallest absolute Gasteiger partial charge is 0.223 e. The zero-order chi connectivity index (χ0) is 26.1. The number of rotatable bonds is 25. The Hall–Kier alpha value is -0.900. The number of nitrogens with zero attached hydrogens (tertiary/aromatic N) is 1. The molecule has 0 aromatic carbocycles. The van der Waals surface area contributed by atoms with Crippen LogP contribution < -0.4 is 5.32 Å². The van der Waals surface area contributed by atoms with Crippen molar-refractivity contribution >= 4 is 11.7 Å². The van der Waals surface area contributed by atoms with Gasteiger partial charge in [-0.2, -0.15) is 0 Å². The fraction of sp³-hybridized carbons (Fsp3) is 0.938. The van der Waals surface area contributed by atoms with Gasteiger partial charge < -0.3 is 10.2 Å². The van der Waals surface area contributed by atoms with Gasteiger partial charge >= 0.3 is 0 Å². The lowest BCUT2D eigenvalue weighted by Crippen LogP contribution is -2.56. The van der Waals surface area contributed by atoms with E-state index in [0.717, 1.165) is 32.2 Å². The molecule has 212 valence electrons. The molecule has 4 heteroatoms. The summed E-state index contributed by atoms with van der Waals surface area (Å²) in [6.07, 6.45) is 29.7. The molecule has 1 fully saturated rings. The van der Waals surface area contributed by atoms with Crippen LogP contribution in [-0.4, -0.2) is 42.3 Å². The highest BCUT2D eigenvalue weighted by Gasteiger charge is 2.30. The van der Waals surface area contributed by atoms with Crippen LogP contribution in [0.1, 0.15) is 168 Å². The highest BCUT2D eigenvalue weighted by molar-refractivity contribution is 5.89. The second-order valence-electron chi connectivity index (χ2n) is 11.3. The number of carbonyl (C=O) groups excluding carboxylic acids is 2. The van der Waals surface area contributed by atoms with E-state index in [0.29, 0.717) is 25.9 Å². The third-order valence-corrected chi connectivity index (χ3v) is 7.96. The molecule has 0 aromatic rings. The second-order valence-corrected chi connectivity index (χ2v) is 11.3. The number of hydrogen-bond donors (Lipinski definition) is 1. The summed E-state index contributed by atoms with van der Waals surface area (Å²) < 4.78 is 0. The molecule has 1 amide bonds. The van der Waals surface area contributed by atoms with E-state index in [1.807, 2.05) is 4.90 Å². The minimum absolute atomic E-state index is 0.199. The van der Waals surface area contributed by atoms with Gasteiger partial charge in [0.05, 0.1) is 0 Å². The first-order chi connectivity index (χ1) is 17.7. The van der Waals surface area contributed by atoms with Crippen molar-refractivity contribution in [2.75, 3.05) is 19.6 Å². The first kappa shape index (κ1) is 33.1. The van der Waals surface area contributed by atoms with E-state index >= 15 is 0 Å². The van der Waals surface area contributed by atoms with Gasteiger partial charge in [0, 0.05) is 32.5 Å². The molecule has 1 heterocycles. The van der Waals surface area contributed by atoms with Crippen LogP contribution in [0.25, 0.3) is 0 Å². The standard InChI is InChI=1S/C32H62N2O2/c1-3-5-7-9-11-13-15-17-19-21-23-25-31(35)30-29-33-27-28-34(30)32(36)26-24-22-20-18-16-14-12-10-8-6-4-2/h30,33H,3-29H2,1-2H3. The average Bonchev–Trinajstić information content (AvgIpc) is 2.90. The number of Topliss-reactive ketones (excluding diaryl/α,β-unsaturated/α-hetero) is 1. The Kier molecular flexibility index (Phi) is 22.5. The van der Waals surface area contributed by atoms with Gasteiger partial charge in [-0.1, -0.05) is 142 Å². The maximum atomic E-state index is 12.9. The summed E-state index contributed by atoms with van der Waals surface area (Å²) >= 11 is 0. The van der Waals surface area contributed by atoms with Gasteiger partial charge in [0.2, 0.25) is 5.91 Å². The average molecular weight is 507 g/mol. The Morgan fingerprint density at radius 1 is 0.583 bits per heavy atom. The van der Waals surface area contributed by atoms with E-state index in [9.17, 15) is 9.59 Å². The molecule has 4 nitrogen and oxygen atoms in total. The molecule has 1 saturated heterocycles. The zero-order valence-electron chi connectivity index (χ0n) is 24.4. The van der Waals surface area contributed by atoms with Crippen molar-refractivity contribution in [3.8, 4) is 0 Å². The lowest BCUT2D eigenvalue weighted by Gasteiger charge is -2.35. The Labute approximate surface area is 225 Å². The van der Waals surface area contributed by atoms with E-state index in [4.69, 9.17) is 0 Å². The highest BCUT2D eigenvalue weighted by Crippen LogP contribution is 2.16. The molecule has 1 rings (SSSR count). The minimum Gasteiger partial charge on any atom is -0.330 e. The lowest BCUT2D eigenvalue weighted by atomic mass is 10.00. The van der Waals surface area contributed by atoms with Gasteiger partial charge in [-0.25, -0.2) is 0 Å². The van der Waals surface area contributed by atoms with Crippen LogP contribution in [-0.2, 0) is 9.59 Å². The number of amides is 1. The van der Waals surface area contributed by atoms with Crippen LogP contribution in [0.2, 0.25) is 0 Å². The summed E-state index contributed by atoms with van der Waals surface area (Å²) in [6, 6.07) is -0.234. The number of ketones is 1. The predicted octanol–water partition coefficient (Wildman–Crippen LogP) is 8.76. The molecular formula is C32H62N2O2. The Bertz CT molecular complexity index is 476. The van der Waals surface area contributed by atoms with Gasteiger partial charge in [0.1, 0.15) is 6.04 Å². The van der Waals surface area contributed by atoms with Crippen molar-refractivity contribution in [3.05, 3.63) is 0 Å². The molecule has 0 spiro atoms. The summed E-state index contributed by atoms with van der Waals surface area (Å²) in [5.74, 6) is 0.468. The van der Waals surface area contributed by atoms with Crippen molar-refractivity contribution in [1.82, 2.24) is 10.2 Å². The molecule has 0 radical (unpaired) electrons. The predicted molar refractivity (Wildman–Crippen MR) is 156 cm³/mol. The number of piperazine rings is 1. The summed E-state index contributed by atoms with van der Waals surface area (Å²) in [5.41, 5.74) is 0. The molecule has 0 bridgehead atoms.